The number of rotatable bonds is 8. The zero-order valence-electron chi connectivity index (χ0n) is 21.2. The van der Waals surface area contributed by atoms with Gasteiger partial charge in [0.2, 0.25) is 5.91 Å². The van der Waals surface area contributed by atoms with Gasteiger partial charge in [0.25, 0.3) is 0 Å². The van der Waals surface area contributed by atoms with Crippen LogP contribution in [-0.2, 0) is 4.08 Å². The summed E-state index contributed by atoms with van der Waals surface area (Å²) in [5, 5.41) is 7.97. The fourth-order valence-corrected chi connectivity index (χ4v) is 7.76. The van der Waals surface area contributed by atoms with E-state index in [1.807, 2.05) is 30.3 Å². The quantitative estimate of drug-likeness (QED) is 0.273. The lowest BCUT2D eigenvalue weighted by Gasteiger charge is -2.28. The van der Waals surface area contributed by atoms with Crippen molar-refractivity contribution in [2.75, 3.05) is 30.5 Å². The zero-order chi connectivity index (χ0) is 27.8. The number of methoxy groups -OCH3 is 1. The number of benzene rings is 2. The second-order valence-electron chi connectivity index (χ2n) is 9.05. The summed E-state index contributed by atoms with van der Waals surface area (Å²) >= 11 is 3.47. The SMILES string of the molecule is COc1ccc(C2(c3cc(NCCC(F)(F)F)c4ncc(-c5ccc(C(N)=O)c(C)c5)n4n3)SCCS2)cc1. The summed E-state index contributed by atoms with van der Waals surface area (Å²) in [5.74, 6) is 1.98. The predicted octanol–water partition coefficient (Wildman–Crippen LogP) is 5.86. The molecular formula is C27H26F3N5O2S2. The van der Waals surface area contributed by atoms with E-state index in [1.165, 1.54) is 0 Å². The maximum atomic E-state index is 13.0. The summed E-state index contributed by atoms with van der Waals surface area (Å²) in [7, 11) is 1.61. The number of imidazole rings is 1. The number of hydrogen-bond donors (Lipinski definition) is 2. The van der Waals surface area contributed by atoms with Crippen molar-refractivity contribution in [3.05, 3.63) is 77.1 Å². The highest BCUT2D eigenvalue weighted by atomic mass is 32.2. The Kier molecular flexibility index (Phi) is 7.43. The van der Waals surface area contributed by atoms with Crippen molar-refractivity contribution in [2.24, 2.45) is 5.73 Å². The van der Waals surface area contributed by atoms with E-state index in [9.17, 15) is 18.0 Å². The Labute approximate surface area is 231 Å². The number of hydrogen-bond acceptors (Lipinski definition) is 7. The zero-order valence-corrected chi connectivity index (χ0v) is 22.8. The third-order valence-electron chi connectivity index (χ3n) is 6.48. The fraction of sp³-hybridized carbons (Fsp3) is 0.296. The number of fused-ring (bicyclic) bond motifs is 1. The number of carbonyl (C=O) groups excluding carboxylic acids is 1. The van der Waals surface area contributed by atoms with E-state index in [4.69, 9.17) is 15.6 Å². The molecule has 0 radical (unpaired) electrons. The van der Waals surface area contributed by atoms with Gasteiger partial charge in [-0.3, -0.25) is 4.79 Å². The number of alkyl halides is 3. The monoisotopic (exact) mass is 573 g/mol. The van der Waals surface area contributed by atoms with Gasteiger partial charge in [0.05, 0.1) is 36.8 Å². The molecule has 1 aliphatic rings. The second-order valence-corrected chi connectivity index (χ2v) is 11.9. The van der Waals surface area contributed by atoms with E-state index in [2.05, 4.69) is 10.3 Å². The average Bonchev–Trinajstić information content (AvgIpc) is 3.56. The summed E-state index contributed by atoms with van der Waals surface area (Å²) in [6, 6.07) is 14.8. The van der Waals surface area contributed by atoms with Crippen LogP contribution in [0.3, 0.4) is 0 Å². The number of ether oxygens (including phenoxy) is 1. The molecule has 5 rings (SSSR count). The highest BCUT2D eigenvalue weighted by molar-refractivity contribution is 8.20. The van der Waals surface area contributed by atoms with E-state index in [-0.39, 0.29) is 6.54 Å². The molecule has 2 aromatic carbocycles. The van der Waals surface area contributed by atoms with Gasteiger partial charge in [-0.05, 0) is 48.4 Å². The van der Waals surface area contributed by atoms with Crippen LogP contribution in [0.2, 0.25) is 0 Å². The summed E-state index contributed by atoms with van der Waals surface area (Å²) in [6.07, 6.45) is -3.64. The normalized spacial score (nSPS) is 15.0. The van der Waals surface area contributed by atoms with Crippen molar-refractivity contribution in [2.45, 2.75) is 23.6 Å². The van der Waals surface area contributed by atoms with Crippen LogP contribution in [0.5, 0.6) is 5.75 Å². The van der Waals surface area contributed by atoms with E-state index in [0.29, 0.717) is 33.8 Å². The minimum absolute atomic E-state index is 0.299. The lowest BCUT2D eigenvalue weighted by atomic mass is 10.0. The molecule has 0 aliphatic carbocycles. The molecule has 1 aliphatic heterocycles. The van der Waals surface area contributed by atoms with Crippen molar-refractivity contribution in [3.63, 3.8) is 0 Å². The first-order chi connectivity index (χ1) is 18.6. The van der Waals surface area contributed by atoms with Gasteiger partial charge in [-0.15, -0.1) is 23.5 Å². The fourth-order valence-electron chi connectivity index (χ4n) is 4.58. The standard InChI is InChI=1S/C27H26F3N5O2S2/c1-16-13-17(3-8-20(16)24(31)36)22-15-33-25-21(32-10-9-26(28,29)30)14-23(34-35(22)25)27(38-11-12-39-27)18-4-6-19(37-2)7-5-18/h3-8,13-15,32H,9-12H2,1-2H3,(H2,31,36). The van der Waals surface area contributed by atoms with E-state index in [0.717, 1.165) is 28.4 Å². The Morgan fingerprint density at radius 3 is 2.49 bits per heavy atom. The molecule has 7 nitrogen and oxygen atoms in total. The van der Waals surface area contributed by atoms with Gasteiger partial charge in [-0.25, -0.2) is 9.50 Å². The summed E-state index contributed by atoms with van der Waals surface area (Å²) < 4.78 is 45.3. The molecule has 4 aromatic rings. The van der Waals surface area contributed by atoms with E-state index >= 15 is 0 Å². The number of nitrogens with one attached hydrogen (secondary N) is 1. The molecule has 3 heterocycles. The first kappa shape index (κ1) is 27.2. The maximum Gasteiger partial charge on any atom is 0.390 e. The molecule has 0 spiro atoms. The first-order valence-electron chi connectivity index (χ1n) is 12.1. The lowest BCUT2D eigenvalue weighted by Crippen LogP contribution is -2.21. The number of aromatic nitrogens is 3. The third kappa shape index (κ3) is 5.40. The molecule has 204 valence electrons. The first-order valence-corrected chi connectivity index (χ1v) is 14.1. The number of primary amides is 1. The van der Waals surface area contributed by atoms with E-state index in [1.54, 1.807) is 66.5 Å². The number of halogens is 3. The largest absolute Gasteiger partial charge is 0.497 e. The molecule has 1 amide bonds. The number of anilines is 1. The Balaban J connectivity index is 1.67. The van der Waals surface area contributed by atoms with Gasteiger partial charge in [0, 0.05) is 29.2 Å². The summed E-state index contributed by atoms with van der Waals surface area (Å²) in [4.78, 5) is 16.3. The van der Waals surface area contributed by atoms with Gasteiger partial charge < -0.3 is 15.8 Å². The Morgan fingerprint density at radius 1 is 1.15 bits per heavy atom. The van der Waals surface area contributed by atoms with Crippen LogP contribution in [0.25, 0.3) is 16.9 Å². The van der Waals surface area contributed by atoms with Crippen molar-refractivity contribution in [3.8, 4) is 17.0 Å². The number of thioether (sulfide) groups is 2. The molecule has 1 saturated heterocycles. The topological polar surface area (TPSA) is 94.5 Å². The van der Waals surface area contributed by atoms with E-state index < -0.39 is 22.6 Å². The smallest absolute Gasteiger partial charge is 0.390 e. The lowest BCUT2D eigenvalue weighted by molar-refractivity contribution is -0.131. The van der Waals surface area contributed by atoms with Crippen LogP contribution in [0.15, 0.2) is 54.7 Å². The molecule has 0 saturated carbocycles. The van der Waals surface area contributed by atoms with Gasteiger partial charge in [0.1, 0.15) is 9.83 Å². The predicted molar refractivity (Wildman–Crippen MR) is 150 cm³/mol. The molecule has 12 heteroatoms. The average molecular weight is 574 g/mol. The van der Waals surface area contributed by atoms with Gasteiger partial charge in [-0.1, -0.05) is 18.2 Å². The van der Waals surface area contributed by atoms with Crippen molar-refractivity contribution >= 4 is 40.8 Å². The van der Waals surface area contributed by atoms with Crippen LogP contribution < -0.4 is 15.8 Å². The number of amides is 1. The Morgan fingerprint density at radius 2 is 1.87 bits per heavy atom. The number of nitrogens with zero attached hydrogens (tertiary/aromatic N) is 3. The molecule has 0 bridgehead atoms. The molecule has 0 unspecified atom stereocenters. The highest BCUT2D eigenvalue weighted by Crippen LogP contribution is 2.56. The van der Waals surface area contributed by atoms with Crippen molar-refractivity contribution in [1.29, 1.82) is 0 Å². The minimum Gasteiger partial charge on any atom is -0.497 e. The number of nitrogens with two attached hydrogens (primary N) is 1. The van der Waals surface area contributed by atoms with Crippen LogP contribution >= 0.6 is 23.5 Å². The second kappa shape index (κ2) is 10.6. The third-order valence-corrected chi connectivity index (χ3v) is 9.97. The van der Waals surface area contributed by atoms with Gasteiger partial charge in [0.15, 0.2) is 5.65 Å². The van der Waals surface area contributed by atoms with Crippen LogP contribution in [0.4, 0.5) is 18.9 Å². The minimum atomic E-state index is -4.29. The van der Waals surface area contributed by atoms with Gasteiger partial charge in [-0.2, -0.15) is 18.3 Å². The van der Waals surface area contributed by atoms with Crippen LogP contribution in [-0.4, -0.2) is 51.8 Å². The number of carbonyl (C=O) groups is 1. The Bertz CT molecular complexity index is 1520. The maximum absolute atomic E-state index is 13.0. The molecule has 2 aromatic heterocycles. The van der Waals surface area contributed by atoms with Crippen LogP contribution in [0, 0.1) is 6.92 Å². The molecule has 3 N–H and O–H groups in total. The Hall–Kier alpha value is -3.38. The van der Waals surface area contributed by atoms with Crippen molar-refractivity contribution < 1.29 is 22.7 Å². The van der Waals surface area contributed by atoms with Crippen LogP contribution in [0.1, 0.15) is 33.6 Å². The molecule has 0 atom stereocenters. The molecule has 1 fully saturated rings. The van der Waals surface area contributed by atoms with Crippen molar-refractivity contribution in [1.82, 2.24) is 14.6 Å². The highest BCUT2D eigenvalue weighted by Gasteiger charge is 2.42. The number of aryl methyl sites for hydroxylation is 1. The summed E-state index contributed by atoms with van der Waals surface area (Å²) in [6.45, 7) is 1.49. The molecular weight excluding hydrogens is 547 g/mol. The summed E-state index contributed by atoms with van der Waals surface area (Å²) in [5.41, 5.74) is 10.5. The van der Waals surface area contributed by atoms with Gasteiger partial charge >= 0.3 is 6.18 Å². The molecule has 39 heavy (non-hydrogen) atoms.